The van der Waals surface area contributed by atoms with Crippen molar-refractivity contribution in [3.63, 3.8) is 0 Å². The van der Waals surface area contributed by atoms with E-state index in [2.05, 4.69) is 29.9 Å². The molecule has 11 nitrogen and oxygen atoms in total. The van der Waals surface area contributed by atoms with Crippen molar-refractivity contribution in [1.82, 2.24) is 34.4 Å². The Morgan fingerprint density at radius 1 is 1.00 bits per heavy atom. The Morgan fingerprint density at radius 3 is 2.28 bits per heavy atom. The van der Waals surface area contributed by atoms with Gasteiger partial charge in [0.15, 0.2) is 5.82 Å². The number of hydrogen-bond acceptors (Lipinski definition) is 9. The smallest absolute Gasteiger partial charge is 0.201 e. The molecule has 0 saturated carbocycles. The minimum atomic E-state index is -2.84. The summed E-state index contributed by atoms with van der Waals surface area (Å²) in [5, 5.41) is 8.98. The Kier molecular flexibility index (Phi) is 7.86. The molecule has 4 rings (SSSR count). The zero-order valence-electron chi connectivity index (χ0n) is 20.3. The summed E-state index contributed by atoms with van der Waals surface area (Å²) < 4.78 is 38.8. The molecule has 12 heteroatoms. The molecule has 2 atom stereocenters. The van der Waals surface area contributed by atoms with E-state index >= 15 is 0 Å². The number of benzene rings is 1. The van der Waals surface area contributed by atoms with E-state index in [0.717, 1.165) is 11.1 Å². The number of rotatable bonds is 10. The number of aromatic nitrogens is 6. The van der Waals surface area contributed by atoms with Crippen molar-refractivity contribution in [2.24, 2.45) is 0 Å². The Balaban J connectivity index is 1.91. The van der Waals surface area contributed by atoms with Crippen molar-refractivity contribution >= 4 is 10.9 Å². The summed E-state index contributed by atoms with van der Waals surface area (Å²) in [7, 11) is 0.312. The van der Waals surface area contributed by atoms with Crippen molar-refractivity contribution in [2.75, 3.05) is 14.2 Å². The van der Waals surface area contributed by atoms with Gasteiger partial charge in [0.25, 0.3) is 0 Å². The highest BCUT2D eigenvalue weighted by molar-refractivity contribution is 7.70. The van der Waals surface area contributed by atoms with Crippen LogP contribution in [0.4, 0.5) is 0 Å². The van der Waals surface area contributed by atoms with Gasteiger partial charge in [-0.3, -0.25) is 9.55 Å². The maximum atomic E-state index is 11.5. The molecule has 36 heavy (non-hydrogen) atoms. The van der Waals surface area contributed by atoms with Gasteiger partial charge in [0.1, 0.15) is 28.8 Å². The summed E-state index contributed by atoms with van der Waals surface area (Å²) in [6.45, 7) is 3.66. The van der Waals surface area contributed by atoms with E-state index in [1.54, 1.807) is 45.9 Å². The van der Waals surface area contributed by atoms with Crippen LogP contribution in [0.15, 0.2) is 55.1 Å². The van der Waals surface area contributed by atoms with E-state index in [4.69, 9.17) is 9.47 Å². The molecule has 0 saturated heterocycles. The maximum absolute atomic E-state index is 11.5. The number of pyridine rings is 1. The third-order valence-electron chi connectivity index (χ3n) is 5.72. The molecule has 188 valence electrons. The molecule has 0 aliphatic carbocycles. The molecular formula is C24H27N7O4S. The third-order valence-corrected chi connectivity index (χ3v) is 6.34. The fraction of sp³-hybridized carbons (Fsp3) is 0.292. The zero-order chi connectivity index (χ0) is 25.7. The topological polar surface area (TPSA) is 134 Å². The van der Waals surface area contributed by atoms with E-state index in [0.29, 0.717) is 34.7 Å². The lowest BCUT2D eigenvalue weighted by molar-refractivity contribution is 0.390. The molecule has 0 unspecified atom stereocenters. The second-order valence-corrected chi connectivity index (χ2v) is 8.90. The number of methoxy groups -OCH3 is 2. The third kappa shape index (κ3) is 5.34. The highest BCUT2D eigenvalue weighted by Gasteiger charge is 2.29. The number of ether oxygens (including phenoxy) is 2. The highest BCUT2D eigenvalue weighted by Crippen LogP contribution is 2.37. The minimum Gasteiger partial charge on any atom is -0.494 e. The maximum Gasteiger partial charge on any atom is 0.201 e. The van der Waals surface area contributed by atoms with Crippen LogP contribution in [0.3, 0.4) is 0 Å². The summed E-state index contributed by atoms with van der Waals surface area (Å²) in [5.41, 5.74) is 2.25. The van der Waals surface area contributed by atoms with E-state index in [9.17, 15) is 8.42 Å². The summed E-state index contributed by atoms with van der Waals surface area (Å²) in [6.07, 6.45) is 7.05. The predicted molar refractivity (Wildman–Crippen MR) is 134 cm³/mol. The average Bonchev–Trinajstić information content (AvgIpc) is 3.30. The van der Waals surface area contributed by atoms with Gasteiger partial charge in [0.05, 0.1) is 14.2 Å². The fourth-order valence-corrected chi connectivity index (χ4v) is 4.47. The first-order valence-corrected chi connectivity index (χ1v) is 12.4. The van der Waals surface area contributed by atoms with E-state index < -0.39 is 22.8 Å². The first kappa shape index (κ1) is 25.2. The molecular weight excluding hydrogens is 482 g/mol. The van der Waals surface area contributed by atoms with Gasteiger partial charge in [-0.15, -0.1) is 10.2 Å². The van der Waals surface area contributed by atoms with Gasteiger partial charge in [-0.1, -0.05) is 6.07 Å². The predicted octanol–water partition coefficient (Wildman–Crippen LogP) is 2.28. The van der Waals surface area contributed by atoms with Crippen LogP contribution < -0.4 is 14.2 Å². The van der Waals surface area contributed by atoms with Gasteiger partial charge < -0.3 is 9.47 Å². The molecule has 0 aliphatic heterocycles. The van der Waals surface area contributed by atoms with Crippen LogP contribution in [0.5, 0.6) is 11.5 Å². The first-order valence-electron chi connectivity index (χ1n) is 11.2. The van der Waals surface area contributed by atoms with E-state index in [-0.39, 0.29) is 6.42 Å². The first-order chi connectivity index (χ1) is 17.4. The number of para-hydroxylation sites is 1. The normalized spacial score (nSPS) is 12.9. The minimum absolute atomic E-state index is 0.273. The van der Waals surface area contributed by atoms with Gasteiger partial charge >= 0.3 is 0 Å². The number of nitrogens with zero attached hydrogens (tertiary/aromatic N) is 6. The molecule has 1 N–H and O–H groups in total. The summed E-state index contributed by atoms with van der Waals surface area (Å²) >= 11 is 0. The van der Waals surface area contributed by atoms with Crippen molar-refractivity contribution in [3.05, 3.63) is 72.3 Å². The lowest BCUT2D eigenvalue weighted by Gasteiger charge is -2.23. The van der Waals surface area contributed by atoms with Crippen LogP contribution in [0.2, 0.25) is 0 Å². The molecule has 0 amide bonds. The van der Waals surface area contributed by atoms with Crippen LogP contribution >= 0.6 is 0 Å². The monoisotopic (exact) mass is 509 g/mol. The number of hydrogen-bond donors (Lipinski definition) is 2. The molecule has 0 fully saturated rings. The SMILES string of the molecule is COc1cccc(OC)c1-n1c(C[C@@H](c2ncc(C)cn2)[C@@H](C)N[SH](=O)=O)nnc1-c1cccnc1. The number of nitrogens with one attached hydrogen (secondary N) is 1. The summed E-state index contributed by atoms with van der Waals surface area (Å²) in [4.78, 5) is 13.2. The molecule has 0 radical (unpaired) electrons. The lowest BCUT2D eigenvalue weighted by atomic mass is 9.96. The van der Waals surface area contributed by atoms with Gasteiger partial charge in [-0.2, -0.15) is 0 Å². The van der Waals surface area contributed by atoms with E-state index in [1.165, 1.54) is 0 Å². The molecule has 1 aromatic carbocycles. The number of aryl methyl sites for hydroxylation is 1. The van der Waals surface area contributed by atoms with Crippen LogP contribution in [0.1, 0.15) is 30.1 Å². The Bertz CT molecular complexity index is 1360. The quantitative estimate of drug-likeness (QED) is 0.309. The number of thiol groups is 1. The zero-order valence-corrected chi connectivity index (χ0v) is 21.2. The largest absolute Gasteiger partial charge is 0.494 e. The molecule has 4 aromatic rings. The van der Waals surface area contributed by atoms with Gasteiger partial charge in [0, 0.05) is 48.7 Å². The van der Waals surface area contributed by atoms with Gasteiger partial charge in [-0.05, 0) is 43.7 Å². The van der Waals surface area contributed by atoms with Crippen LogP contribution in [0, 0.1) is 6.92 Å². The molecule has 0 spiro atoms. The Labute approximate surface area is 210 Å². The van der Waals surface area contributed by atoms with Gasteiger partial charge in [-0.25, -0.2) is 23.1 Å². The van der Waals surface area contributed by atoms with E-state index in [1.807, 2.05) is 41.8 Å². The lowest BCUT2D eigenvalue weighted by Crippen LogP contribution is -2.33. The Hall–Kier alpha value is -3.90. The molecule has 3 heterocycles. The summed E-state index contributed by atoms with van der Waals surface area (Å²) in [5.74, 6) is 2.22. The summed E-state index contributed by atoms with van der Waals surface area (Å²) in [6, 6.07) is 8.65. The molecule has 3 aromatic heterocycles. The standard InChI is InChI=1S/C24H27N7O4S/c1-15-12-26-23(27-13-15)18(16(2)30-36(32)33)11-21-28-29-24(17-7-6-10-25-14-17)31(21)22-19(34-3)8-5-9-20(22)35-4/h5-10,12-14,16,18,36H,11H2,1-4H3,(H,30,32,33)/t16-,18-/m1/s1. The van der Waals surface area contributed by atoms with Crippen molar-refractivity contribution in [2.45, 2.75) is 32.2 Å². The molecule has 0 aliphatic rings. The van der Waals surface area contributed by atoms with Crippen molar-refractivity contribution in [3.8, 4) is 28.6 Å². The van der Waals surface area contributed by atoms with Crippen molar-refractivity contribution in [1.29, 1.82) is 0 Å². The highest BCUT2D eigenvalue weighted by atomic mass is 32.2. The van der Waals surface area contributed by atoms with Crippen LogP contribution in [-0.2, 0) is 17.3 Å². The Morgan fingerprint density at radius 2 is 1.69 bits per heavy atom. The average molecular weight is 510 g/mol. The van der Waals surface area contributed by atoms with Crippen molar-refractivity contribution < 1.29 is 17.9 Å². The van der Waals surface area contributed by atoms with Crippen LogP contribution in [-0.4, -0.2) is 58.4 Å². The van der Waals surface area contributed by atoms with Crippen LogP contribution in [0.25, 0.3) is 17.1 Å². The second-order valence-electron chi connectivity index (χ2n) is 8.13. The van der Waals surface area contributed by atoms with Gasteiger partial charge in [0.2, 0.25) is 10.9 Å². The fourth-order valence-electron chi connectivity index (χ4n) is 3.96. The molecule has 0 bridgehead atoms. The second kappa shape index (κ2) is 11.2.